The highest BCUT2D eigenvalue weighted by atomic mass is 79.9. The standard InChI is InChI=1S/C19H16BrClN4O3/c20-16-17(25-10-13-14(25)2-1-8-22-13)19(24-23-18(16)27)28-9-7-15(26)11-3-5-12(21)6-4-11/h1-6,8,15,26H,7,9-10H2,(H,23,27)/t15-/m0/s1. The fraction of sp³-hybridized carbons (Fsp3) is 0.211. The molecule has 0 amide bonds. The van der Waals surface area contributed by atoms with E-state index in [1.54, 1.807) is 30.5 Å². The van der Waals surface area contributed by atoms with Crippen molar-refractivity contribution >= 4 is 38.9 Å². The van der Waals surface area contributed by atoms with Crippen molar-refractivity contribution in [3.05, 3.63) is 73.7 Å². The Balaban J connectivity index is 1.50. The fourth-order valence-corrected chi connectivity index (χ4v) is 3.60. The van der Waals surface area contributed by atoms with Crippen LogP contribution in [0.25, 0.3) is 0 Å². The highest BCUT2D eigenvalue weighted by Crippen LogP contribution is 2.44. The molecule has 0 radical (unpaired) electrons. The van der Waals surface area contributed by atoms with Crippen LogP contribution in [-0.2, 0) is 6.54 Å². The molecule has 1 aliphatic rings. The van der Waals surface area contributed by atoms with Crippen LogP contribution in [0.3, 0.4) is 0 Å². The number of hydrogen-bond donors (Lipinski definition) is 2. The monoisotopic (exact) mass is 462 g/mol. The molecule has 2 N–H and O–H groups in total. The van der Waals surface area contributed by atoms with Crippen LogP contribution in [0.1, 0.15) is 23.8 Å². The molecular weight excluding hydrogens is 448 g/mol. The molecular formula is C19H16BrClN4O3. The molecule has 7 nitrogen and oxygen atoms in total. The van der Waals surface area contributed by atoms with Gasteiger partial charge in [-0.2, -0.15) is 0 Å². The van der Waals surface area contributed by atoms with E-state index < -0.39 is 6.10 Å². The first-order chi connectivity index (χ1) is 13.5. The molecule has 9 heteroatoms. The molecule has 28 heavy (non-hydrogen) atoms. The van der Waals surface area contributed by atoms with Gasteiger partial charge in [0.05, 0.1) is 30.6 Å². The van der Waals surface area contributed by atoms with Gasteiger partial charge in [0.15, 0.2) is 0 Å². The van der Waals surface area contributed by atoms with Gasteiger partial charge in [-0.05, 0) is 45.8 Å². The van der Waals surface area contributed by atoms with E-state index in [4.69, 9.17) is 16.3 Å². The van der Waals surface area contributed by atoms with E-state index in [9.17, 15) is 9.90 Å². The van der Waals surface area contributed by atoms with Crippen molar-refractivity contribution in [1.29, 1.82) is 0 Å². The van der Waals surface area contributed by atoms with E-state index in [1.807, 2.05) is 17.0 Å². The summed E-state index contributed by atoms with van der Waals surface area (Å²) in [5, 5.41) is 17.4. The molecule has 0 saturated heterocycles. The van der Waals surface area contributed by atoms with Crippen molar-refractivity contribution in [1.82, 2.24) is 15.2 Å². The van der Waals surface area contributed by atoms with Gasteiger partial charge in [0.1, 0.15) is 10.2 Å². The Labute approximate surface area is 174 Å². The summed E-state index contributed by atoms with van der Waals surface area (Å²) in [6.45, 7) is 0.777. The van der Waals surface area contributed by atoms with Crippen LogP contribution in [0.4, 0.5) is 11.4 Å². The van der Waals surface area contributed by atoms with E-state index in [2.05, 4.69) is 31.1 Å². The predicted molar refractivity (Wildman–Crippen MR) is 109 cm³/mol. The molecule has 0 fully saturated rings. The summed E-state index contributed by atoms with van der Waals surface area (Å²) in [4.78, 5) is 18.2. The number of halogens is 2. The third-order valence-corrected chi connectivity index (χ3v) is 5.48. The second kappa shape index (κ2) is 7.90. The molecule has 4 rings (SSSR count). The Hall–Kier alpha value is -2.42. The van der Waals surface area contributed by atoms with Crippen molar-refractivity contribution < 1.29 is 9.84 Å². The van der Waals surface area contributed by atoms with Crippen LogP contribution in [0.2, 0.25) is 5.02 Å². The maximum Gasteiger partial charge on any atom is 0.280 e. The largest absolute Gasteiger partial charge is 0.475 e. The van der Waals surface area contributed by atoms with Gasteiger partial charge >= 0.3 is 0 Å². The Kier molecular flexibility index (Phi) is 5.34. The van der Waals surface area contributed by atoms with E-state index in [-0.39, 0.29) is 18.0 Å². The molecule has 0 saturated carbocycles. The molecule has 0 aliphatic carbocycles. The predicted octanol–water partition coefficient (Wildman–Crippen LogP) is 3.74. The van der Waals surface area contributed by atoms with Gasteiger partial charge < -0.3 is 14.7 Å². The molecule has 1 aliphatic heterocycles. The third-order valence-electron chi connectivity index (χ3n) is 4.49. The summed E-state index contributed by atoms with van der Waals surface area (Å²) >= 11 is 9.21. The summed E-state index contributed by atoms with van der Waals surface area (Å²) in [5.41, 5.74) is 2.80. The van der Waals surface area contributed by atoms with Gasteiger partial charge in [0.2, 0.25) is 0 Å². The van der Waals surface area contributed by atoms with Gasteiger partial charge in [0, 0.05) is 17.6 Å². The average Bonchev–Trinajstić information content (AvgIpc) is 2.68. The van der Waals surface area contributed by atoms with Crippen molar-refractivity contribution in [2.24, 2.45) is 0 Å². The summed E-state index contributed by atoms with van der Waals surface area (Å²) in [5.74, 6) is 0.282. The summed E-state index contributed by atoms with van der Waals surface area (Å²) in [6, 6.07) is 10.8. The number of aliphatic hydroxyl groups is 1. The lowest BCUT2D eigenvalue weighted by atomic mass is 10.1. The van der Waals surface area contributed by atoms with Gasteiger partial charge in [-0.15, -0.1) is 5.10 Å². The number of anilines is 2. The summed E-state index contributed by atoms with van der Waals surface area (Å²) in [7, 11) is 0. The average molecular weight is 464 g/mol. The van der Waals surface area contributed by atoms with Crippen molar-refractivity contribution in [3.8, 4) is 5.88 Å². The SMILES string of the molecule is O=c1[nH]nc(OCC[C@H](O)c2ccc(Cl)cc2)c(N2Cc3ncccc32)c1Br. The number of pyridine rings is 1. The molecule has 3 heterocycles. The molecule has 0 bridgehead atoms. The maximum atomic E-state index is 12.0. The Morgan fingerprint density at radius 1 is 1.32 bits per heavy atom. The molecule has 0 spiro atoms. The van der Waals surface area contributed by atoms with Crippen LogP contribution in [-0.4, -0.2) is 26.9 Å². The third kappa shape index (κ3) is 3.63. The first-order valence-corrected chi connectivity index (χ1v) is 9.77. The van der Waals surface area contributed by atoms with E-state index >= 15 is 0 Å². The van der Waals surface area contributed by atoms with Crippen molar-refractivity contribution in [3.63, 3.8) is 0 Å². The van der Waals surface area contributed by atoms with Crippen LogP contribution in [0.5, 0.6) is 5.88 Å². The van der Waals surface area contributed by atoms with Gasteiger partial charge in [-0.3, -0.25) is 9.78 Å². The molecule has 2 aromatic heterocycles. The fourth-order valence-electron chi connectivity index (χ4n) is 3.00. The van der Waals surface area contributed by atoms with Crippen LogP contribution in [0, 0.1) is 0 Å². The number of H-pyrrole nitrogens is 1. The molecule has 0 unspecified atom stereocenters. The number of aromatic nitrogens is 3. The second-order valence-corrected chi connectivity index (χ2v) is 7.51. The van der Waals surface area contributed by atoms with Crippen molar-refractivity contribution in [2.75, 3.05) is 11.5 Å². The normalized spacial score (nSPS) is 13.6. The molecule has 144 valence electrons. The number of rotatable bonds is 6. The number of nitrogens with zero attached hydrogens (tertiary/aromatic N) is 3. The lowest BCUT2D eigenvalue weighted by Gasteiger charge is -2.35. The zero-order valence-electron chi connectivity index (χ0n) is 14.6. The molecule has 3 aromatic rings. The maximum absolute atomic E-state index is 12.0. The molecule has 1 atom stereocenters. The number of aliphatic hydroxyl groups excluding tert-OH is 1. The Bertz CT molecular complexity index is 1060. The van der Waals surface area contributed by atoms with Crippen molar-refractivity contribution in [2.45, 2.75) is 19.1 Å². The first kappa shape index (κ1) is 18.9. The van der Waals surface area contributed by atoms with E-state index in [0.717, 1.165) is 16.9 Å². The topological polar surface area (TPSA) is 91.3 Å². The lowest BCUT2D eigenvalue weighted by Crippen LogP contribution is -2.31. The number of aromatic amines is 1. The number of benzene rings is 1. The zero-order valence-corrected chi connectivity index (χ0v) is 16.9. The number of ether oxygens (including phenoxy) is 1. The van der Waals surface area contributed by atoms with Gasteiger partial charge in [-0.25, -0.2) is 5.10 Å². The molecule has 1 aromatic carbocycles. The van der Waals surface area contributed by atoms with E-state index in [0.29, 0.717) is 28.1 Å². The summed E-state index contributed by atoms with van der Waals surface area (Å²) in [6.07, 6.45) is 1.40. The number of fused-ring (bicyclic) bond motifs is 1. The second-order valence-electron chi connectivity index (χ2n) is 6.28. The van der Waals surface area contributed by atoms with Gasteiger partial charge in [0.25, 0.3) is 11.4 Å². The van der Waals surface area contributed by atoms with Gasteiger partial charge in [-0.1, -0.05) is 23.7 Å². The van der Waals surface area contributed by atoms with Crippen LogP contribution in [0.15, 0.2) is 51.9 Å². The Morgan fingerprint density at radius 3 is 2.86 bits per heavy atom. The highest BCUT2D eigenvalue weighted by Gasteiger charge is 2.31. The number of hydrogen-bond acceptors (Lipinski definition) is 6. The highest BCUT2D eigenvalue weighted by molar-refractivity contribution is 9.10. The first-order valence-electron chi connectivity index (χ1n) is 8.60. The minimum Gasteiger partial charge on any atom is -0.475 e. The van der Waals surface area contributed by atoms with Crippen LogP contribution < -0.4 is 15.2 Å². The summed E-state index contributed by atoms with van der Waals surface area (Å²) < 4.78 is 6.14. The number of nitrogens with one attached hydrogen (secondary N) is 1. The smallest absolute Gasteiger partial charge is 0.280 e. The minimum absolute atomic E-state index is 0.218. The Morgan fingerprint density at radius 2 is 2.11 bits per heavy atom. The quantitative estimate of drug-likeness (QED) is 0.579. The zero-order chi connectivity index (χ0) is 19.7. The van der Waals surface area contributed by atoms with E-state index in [1.165, 1.54) is 0 Å². The van der Waals surface area contributed by atoms with Crippen LogP contribution >= 0.6 is 27.5 Å². The minimum atomic E-state index is -0.694. The lowest BCUT2D eigenvalue weighted by molar-refractivity contribution is 0.139.